The molecule has 0 spiro atoms. The van der Waals surface area contributed by atoms with Crippen LogP contribution in [-0.2, 0) is 0 Å². The first-order valence-electron chi connectivity index (χ1n) is 8.91. The summed E-state index contributed by atoms with van der Waals surface area (Å²) in [5.74, 6) is 0. The van der Waals surface area contributed by atoms with Crippen molar-refractivity contribution in [1.82, 2.24) is 0 Å². The molecule has 0 bridgehead atoms. The zero-order chi connectivity index (χ0) is 17.0. The number of allylic oxidation sites excluding steroid dienone is 1. The quantitative estimate of drug-likeness (QED) is 0.284. The highest BCUT2D eigenvalue weighted by molar-refractivity contribution is 8.07. The van der Waals surface area contributed by atoms with E-state index in [4.69, 9.17) is 0 Å². The Kier molecular flexibility index (Phi) is 9.71. The van der Waals surface area contributed by atoms with Gasteiger partial charge in [-0.3, -0.25) is 0 Å². The predicted octanol–water partition coefficient (Wildman–Crippen LogP) is 8.53. The van der Waals surface area contributed by atoms with Gasteiger partial charge in [-0.15, -0.1) is 11.3 Å². The molecule has 0 unspecified atom stereocenters. The number of thioether (sulfide) groups is 2. The lowest BCUT2D eigenvalue weighted by molar-refractivity contribution is 0.610. The molecule has 0 aliphatic heterocycles. The van der Waals surface area contributed by atoms with Crippen molar-refractivity contribution in [3.8, 4) is 0 Å². The van der Waals surface area contributed by atoms with Gasteiger partial charge in [-0.2, -0.15) is 0 Å². The van der Waals surface area contributed by atoms with Crippen molar-refractivity contribution in [2.24, 2.45) is 0 Å². The number of hydrogen-bond donors (Lipinski definition) is 0. The van der Waals surface area contributed by atoms with Gasteiger partial charge in [0.1, 0.15) is 0 Å². The molecular formula is C21H28S3. The smallest absolute Gasteiger partial charge is 0.0640 e. The van der Waals surface area contributed by atoms with E-state index in [9.17, 15) is 0 Å². The van der Waals surface area contributed by atoms with Gasteiger partial charge in [0, 0.05) is 4.90 Å². The van der Waals surface area contributed by atoms with E-state index in [-0.39, 0.29) is 0 Å². The lowest BCUT2D eigenvalue weighted by Gasteiger charge is -2.08. The Bertz CT molecular complexity index is 582. The average molecular weight is 377 g/mol. The highest BCUT2D eigenvalue weighted by Gasteiger charge is 2.03. The van der Waals surface area contributed by atoms with E-state index < -0.39 is 0 Å². The van der Waals surface area contributed by atoms with Crippen LogP contribution in [0.5, 0.6) is 0 Å². The molecule has 0 saturated heterocycles. The van der Waals surface area contributed by atoms with Gasteiger partial charge in [-0.05, 0) is 53.7 Å². The summed E-state index contributed by atoms with van der Waals surface area (Å²) in [5, 5.41) is 4.51. The van der Waals surface area contributed by atoms with Crippen molar-refractivity contribution in [1.29, 1.82) is 0 Å². The first-order valence-corrected chi connectivity index (χ1v) is 11.5. The molecule has 0 saturated carbocycles. The summed E-state index contributed by atoms with van der Waals surface area (Å²) in [6.07, 6.45) is 9.35. The topological polar surface area (TPSA) is 0 Å². The van der Waals surface area contributed by atoms with E-state index >= 15 is 0 Å². The summed E-state index contributed by atoms with van der Waals surface area (Å²) in [5.41, 5.74) is 1.33. The van der Waals surface area contributed by atoms with Crippen LogP contribution in [0.1, 0.15) is 57.4 Å². The van der Waals surface area contributed by atoms with Crippen molar-refractivity contribution in [3.63, 3.8) is 0 Å². The molecule has 0 amide bonds. The third-order valence-electron chi connectivity index (χ3n) is 3.85. The Morgan fingerprint density at radius 2 is 1.75 bits per heavy atom. The Hall–Kier alpha value is -0.640. The van der Waals surface area contributed by atoms with Gasteiger partial charge >= 0.3 is 0 Å². The van der Waals surface area contributed by atoms with Crippen LogP contribution in [-0.4, -0.2) is 0 Å². The van der Waals surface area contributed by atoms with Crippen molar-refractivity contribution >= 4 is 34.9 Å². The van der Waals surface area contributed by atoms with E-state index in [1.165, 1.54) is 64.5 Å². The minimum absolute atomic E-state index is 1.20. The van der Waals surface area contributed by atoms with Crippen LogP contribution in [0.4, 0.5) is 0 Å². The molecule has 0 fully saturated rings. The van der Waals surface area contributed by atoms with Crippen molar-refractivity contribution in [2.45, 2.75) is 67.9 Å². The summed E-state index contributed by atoms with van der Waals surface area (Å²) in [6, 6.07) is 13.2. The van der Waals surface area contributed by atoms with Gasteiger partial charge < -0.3 is 0 Å². The molecule has 1 aromatic heterocycles. The van der Waals surface area contributed by atoms with Crippen LogP contribution < -0.4 is 0 Å². The molecule has 130 valence electrons. The van der Waals surface area contributed by atoms with Gasteiger partial charge in [0.15, 0.2) is 0 Å². The van der Waals surface area contributed by atoms with Crippen LogP contribution in [0, 0.1) is 6.92 Å². The number of benzene rings is 1. The standard InChI is InChI=1S/C21H28S3/c1-3-4-5-6-7-8-10-20(17-23-21-11-9-16-22-21)24-19-14-12-18(2)13-15-19/h9,11-17H,3-8,10H2,1-2H3/b20-17-. The summed E-state index contributed by atoms with van der Waals surface area (Å²) >= 11 is 5.62. The number of thiophene rings is 1. The summed E-state index contributed by atoms with van der Waals surface area (Å²) in [6.45, 7) is 4.43. The molecular weight excluding hydrogens is 348 g/mol. The fourth-order valence-corrected chi connectivity index (χ4v) is 5.09. The molecule has 0 aliphatic carbocycles. The third kappa shape index (κ3) is 7.96. The molecule has 1 aromatic carbocycles. The second-order valence-electron chi connectivity index (χ2n) is 6.07. The van der Waals surface area contributed by atoms with E-state index in [1.807, 2.05) is 34.9 Å². The maximum Gasteiger partial charge on any atom is 0.0640 e. The van der Waals surface area contributed by atoms with E-state index in [0.29, 0.717) is 0 Å². The zero-order valence-corrected chi connectivity index (χ0v) is 17.2. The lowest BCUT2D eigenvalue weighted by atomic mass is 10.1. The fourth-order valence-electron chi connectivity index (χ4n) is 2.43. The van der Waals surface area contributed by atoms with Crippen LogP contribution in [0.3, 0.4) is 0 Å². The molecule has 24 heavy (non-hydrogen) atoms. The SMILES string of the molecule is CCCCCCCC/C(=C/Sc1cccs1)Sc1ccc(C)cc1. The molecule has 0 N–H and O–H groups in total. The normalized spacial score (nSPS) is 11.8. The van der Waals surface area contributed by atoms with Crippen molar-refractivity contribution in [2.75, 3.05) is 0 Å². The summed E-state index contributed by atoms with van der Waals surface area (Å²) in [7, 11) is 0. The largest absolute Gasteiger partial charge is 0.137 e. The van der Waals surface area contributed by atoms with Gasteiger partial charge in [0.05, 0.1) is 4.21 Å². The second kappa shape index (κ2) is 11.8. The summed E-state index contributed by atoms with van der Waals surface area (Å²) < 4.78 is 1.37. The van der Waals surface area contributed by atoms with Crippen LogP contribution >= 0.6 is 34.9 Å². The monoisotopic (exact) mass is 376 g/mol. The molecule has 0 radical (unpaired) electrons. The van der Waals surface area contributed by atoms with Gasteiger partial charge in [0.2, 0.25) is 0 Å². The molecule has 0 atom stereocenters. The Labute approximate surface area is 160 Å². The average Bonchev–Trinajstić information content (AvgIpc) is 3.11. The molecule has 0 nitrogen and oxygen atoms in total. The Balaban J connectivity index is 1.87. The molecule has 3 heteroatoms. The Morgan fingerprint density at radius 1 is 1.00 bits per heavy atom. The number of aryl methyl sites for hydroxylation is 1. The second-order valence-corrected chi connectivity index (χ2v) is 9.38. The fraction of sp³-hybridized carbons (Fsp3) is 0.429. The summed E-state index contributed by atoms with van der Waals surface area (Å²) in [4.78, 5) is 2.84. The highest BCUT2D eigenvalue weighted by atomic mass is 32.2. The highest BCUT2D eigenvalue weighted by Crippen LogP contribution is 2.35. The lowest BCUT2D eigenvalue weighted by Crippen LogP contribution is -1.83. The van der Waals surface area contributed by atoms with Gasteiger partial charge in [-0.25, -0.2) is 0 Å². The van der Waals surface area contributed by atoms with E-state index in [1.54, 1.807) is 0 Å². The van der Waals surface area contributed by atoms with E-state index in [2.05, 4.69) is 61.0 Å². The Morgan fingerprint density at radius 3 is 2.46 bits per heavy atom. The number of hydrogen-bond acceptors (Lipinski definition) is 3. The van der Waals surface area contributed by atoms with Gasteiger partial charge in [0.25, 0.3) is 0 Å². The zero-order valence-electron chi connectivity index (χ0n) is 14.8. The maximum absolute atomic E-state index is 2.36. The maximum atomic E-state index is 2.36. The minimum Gasteiger partial charge on any atom is -0.137 e. The molecule has 1 heterocycles. The van der Waals surface area contributed by atoms with Gasteiger partial charge in [-0.1, -0.05) is 86.3 Å². The first-order chi connectivity index (χ1) is 11.8. The number of unbranched alkanes of at least 4 members (excludes halogenated alkanes) is 5. The van der Waals surface area contributed by atoms with Crippen molar-refractivity contribution in [3.05, 3.63) is 57.7 Å². The van der Waals surface area contributed by atoms with Crippen molar-refractivity contribution < 1.29 is 0 Å². The third-order valence-corrected chi connectivity index (χ3v) is 7.10. The molecule has 0 aliphatic rings. The molecule has 2 rings (SSSR count). The van der Waals surface area contributed by atoms with Crippen LogP contribution in [0.2, 0.25) is 0 Å². The predicted molar refractivity (Wildman–Crippen MR) is 113 cm³/mol. The minimum atomic E-state index is 1.20. The van der Waals surface area contributed by atoms with Crippen LogP contribution in [0.15, 0.2) is 61.2 Å². The first kappa shape index (κ1) is 19.7. The number of rotatable bonds is 11. The molecule has 2 aromatic rings. The van der Waals surface area contributed by atoms with E-state index in [0.717, 1.165) is 0 Å². The van der Waals surface area contributed by atoms with Crippen LogP contribution in [0.25, 0.3) is 0 Å².